The van der Waals surface area contributed by atoms with Gasteiger partial charge in [0.1, 0.15) is 6.67 Å². The van der Waals surface area contributed by atoms with Crippen molar-refractivity contribution in [1.82, 2.24) is 0 Å². The molecule has 0 fully saturated rings. The zero-order valence-electron chi connectivity index (χ0n) is 12.8. The quantitative estimate of drug-likeness (QED) is 0.387. The van der Waals surface area contributed by atoms with E-state index in [9.17, 15) is 70.2 Å². The first-order valence-electron chi connectivity index (χ1n) is 6.37. The molecule has 0 spiro atoms. The van der Waals surface area contributed by atoms with Crippen molar-refractivity contribution >= 4 is 7.32 Å². The predicted molar refractivity (Wildman–Crippen MR) is 56.6 cm³/mol. The molecular weight excluding hydrogens is 471 g/mol. The van der Waals surface area contributed by atoms with E-state index in [0.717, 1.165) is 0 Å². The lowest BCUT2D eigenvalue weighted by Gasteiger charge is -2.31. The van der Waals surface area contributed by atoms with Crippen LogP contribution in [0.3, 0.4) is 0 Å². The van der Waals surface area contributed by atoms with E-state index in [1.807, 2.05) is 0 Å². The van der Waals surface area contributed by atoms with Gasteiger partial charge in [-0.3, -0.25) is 0 Å². The third-order valence-electron chi connectivity index (χ3n) is 2.46. The Bertz CT molecular complexity index is 442. The molecule has 20 heteroatoms. The van der Waals surface area contributed by atoms with Gasteiger partial charge in [0, 0.05) is 0 Å². The van der Waals surface area contributed by atoms with Crippen LogP contribution >= 0.6 is 0 Å². The highest BCUT2D eigenvalue weighted by Crippen LogP contribution is 2.40. The number of hydrogen-bond donors (Lipinski definition) is 0. The molecule has 0 aromatic heterocycles. The van der Waals surface area contributed by atoms with E-state index in [-0.39, 0.29) is 0 Å². The maximum atomic E-state index is 12.3. The van der Waals surface area contributed by atoms with E-state index < -0.39 is 63.2 Å². The maximum Gasteiger partial charge on any atom is 0.641 e. The summed E-state index contributed by atoms with van der Waals surface area (Å²) < 4.78 is 206. The van der Waals surface area contributed by atoms with Gasteiger partial charge in [-0.05, 0) is 0 Å². The zero-order chi connectivity index (χ0) is 23.6. The smallest absolute Gasteiger partial charge is 0.371 e. The first-order chi connectivity index (χ1) is 12.5. The number of hydrogen-bond acceptors (Lipinski definition) is 3. The Hall–Kier alpha value is -1.18. The van der Waals surface area contributed by atoms with Crippen molar-refractivity contribution in [2.75, 3.05) is 6.67 Å². The van der Waals surface area contributed by atoms with Gasteiger partial charge in [0.2, 0.25) is 12.2 Å². The van der Waals surface area contributed by atoms with Gasteiger partial charge in [0.05, 0.1) is 0 Å². The zero-order valence-corrected chi connectivity index (χ0v) is 12.8. The van der Waals surface area contributed by atoms with Gasteiger partial charge in [0.25, 0.3) is 0 Å². The summed E-state index contributed by atoms with van der Waals surface area (Å²) in [6.07, 6.45) is -46.9. The fraction of sp³-hybridized carbons (Fsp3) is 1.00. The summed E-state index contributed by atoms with van der Waals surface area (Å²) in [5.41, 5.74) is 0. The maximum absolute atomic E-state index is 12.3. The van der Waals surface area contributed by atoms with Crippen LogP contribution in [0.15, 0.2) is 0 Å². The van der Waals surface area contributed by atoms with Crippen LogP contribution < -0.4 is 0 Å². The Morgan fingerprint density at radius 3 is 0.931 bits per heavy atom. The van der Waals surface area contributed by atoms with Gasteiger partial charge in [0.15, 0.2) is 6.10 Å². The molecule has 1 unspecified atom stereocenters. The molecule has 0 amide bonds. The van der Waals surface area contributed by atoms with Crippen LogP contribution in [0.5, 0.6) is 0 Å². The minimum atomic E-state index is -6.60. The van der Waals surface area contributed by atoms with Crippen LogP contribution in [0.25, 0.3) is 0 Å². The average Bonchev–Trinajstić information content (AvgIpc) is 2.39. The highest BCUT2D eigenvalue weighted by atomic mass is 19.4. The monoisotopic (exact) mass is 476 g/mol. The minimum absolute atomic E-state index is 2.77. The lowest BCUT2D eigenvalue weighted by molar-refractivity contribution is -0.326. The van der Waals surface area contributed by atoms with E-state index in [0.29, 0.717) is 0 Å². The van der Waals surface area contributed by atoms with Crippen molar-refractivity contribution in [3.05, 3.63) is 0 Å². The van der Waals surface area contributed by atoms with E-state index in [1.165, 1.54) is 0 Å². The average molecular weight is 476 g/mol. The Morgan fingerprint density at radius 2 is 0.759 bits per heavy atom. The Labute approximate surface area is 149 Å². The SMILES string of the molecule is FCC(OB(OC(C(F)(F)F)C(F)(F)F)OC(C(F)(F)F)C(F)(F)F)C(F)(F)F. The van der Waals surface area contributed by atoms with Crippen molar-refractivity contribution in [2.45, 2.75) is 49.2 Å². The molecule has 0 bridgehead atoms. The molecule has 1 atom stereocenters. The van der Waals surface area contributed by atoms with Gasteiger partial charge in [-0.2, -0.15) is 65.9 Å². The molecule has 3 nitrogen and oxygen atoms in total. The fourth-order valence-corrected chi connectivity index (χ4v) is 1.33. The normalized spacial score (nSPS) is 15.9. The van der Waals surface area contributed by atoms with Crippen LogP contribution in [-0.2, 0) is 14.0 Å². The van der Waals surface area contributed by atoms with E-state index in [1.54, 1.807) is 0 Å². The highest BCUT2D eigenvalue weighted by molar-refractivity contribution is 6.36. The molecule has 0 aromatic carbocycles. The second-order valence-corrected chi connectivity index (χ2v) is 4.81. The third kappa shape index (κ3) is 9.01. The van der Waals surface area contributed by atoms with Gasteiger partial charge in [-0.15, -0.1) is 0 Å². The second-order valence-electron chi connectivity index (χ2n) is 4.81. The van der Waals surface area contributed by atoms with Crippen molar-refractivity contribution in [3.63, 3.8) is 0 Å². The van der Waals surface area contributed by atoms with Crippen molar-refractivity contribution in [3.8, 4) is 0 Å². The molecule has 0 radical (unpaired) electrons. The summed E-state index contributed by atoms with van der Waals surface area (Å²) in [4.78, 5) is 0. The molecule has 0 aliphatic carbocycles. The third-order valence-corrected chi connectivity index (χ3v) is 2.46. The van der Waals surface area contributed by atoms with Gasteiger partial charge in [-0.25, -0.2) is 4.39 Å². The molecule has 174 valence electrons. The number of alkyl halides is 16. The van der Waals surface area contributed by atoms with Crippen LogP contribution in [0.4, 0.5) is 70.2 Å². The molecule has 0 saturated heterocycles. The molecule has 29 heavy (non-hydrogen) atoms. The Morgan fingerprint density at radius 1 is 0.483 bits per heavy atom. The van der Waals surface area contributed by atoms with Gasteiger partial charge in [-0.1, -0.05) is 0 Å². The first kappa shape index (κ1) is 27.8. The first-order valence-corrected chi connectivity index (χ1v) is 6.37. The minimum Gasteiger partial charge on any atom is -0.371 e. The molecule has 0 N–H and O–H groups in total. The topological polar surface area (TPSA) is 27.7 Å². The summed E-state index contributed by atoms with van der Waals surface area (Å²) in [5.74, 6) is 0. The Kier molecular flexibility index (Phi) is 8.54. The number of rotatable bonds is 7. The Balaban J connectivity index is 6.06. The highest BCUT2D eigenvalue weighted by Gasteiger charge is 2.64. The van der Waals surface area contributed by atoms with Crippen LogP contribution in [-0.4, -0.2) is 63.2 Å². The van der Waals surface area contributed by atoms with Crippen molar-refractivity contribution in [2.24, 2.45) is 0 Å². The summed E-state index contributed by atoms with van der Waals surface area (Å²) in [6.45, 7) is -2.84. The molecule has 0 aliphatic heterocycles. The summed E-state index contributed by atoms with van der Waals surface area (Å²) >= 11 is 0. The summed E-state index contributed by atoms with van der Waals surface area (Å²) in [6, 6.07) is 0. The molecule has 0 aromatic rings. The number of halogens is 16. The lowest BCUT2D eigenvalue weighted by Crippen LogP contribution is -2.55. The summed E-state index contributed by atoms with van der Waals surface area (Å²) in [5, 5.41) is 0. The van der Waals surface area contributed by atoms with Gasteiger partial charge < -0.3 is 14.0 Å². The van der Waals surface area contributed by atoms with E-state index in [4.69, 9.17) is 0 Å². The van der Waals surface area contributed by atoms with Crippen molar-refractivity contribution < 1.29 is 84.2 Å². The standard InChI is InChI=1S/C9H5BF16O3/c11-1-2(5(12,13)14)27-10(28-3(6(15,16)17)7(18,19)20)29-4(8(21,22)23)9(24,25)26/h2-4H,1H2. The van der Waals surface area contributed by atoms with Crippen molar-refractivity contribution in [1.29, 1.82) is 0 Å². The van der Waals surface area contributed by atoms with Crippen LogP contribution in [0, 0.1) is 0 Å². The molecule has 0 heterocycles. The van der Waals surface area contributed by atoms with E-state index >= 15 is 0 Å². The molecular formula is C9H5BF16O3. The largest absolute Gasteiger partial charge is 0.641 e. The van der Waals surface area contributed by atoms with Crippen LogP contribution in [0.1, 0.15) is 0 Å². The lowest BCUT2D eigenvalue weighted by atomic mass is 10.1. The van der Waals surface area contributed by atoms with E-state index in [2.05, 4.69) is 14.0 Å². The van der Waals surface area contributed by atoms with Gasteiger partial charge >= 0.3 is 38.2 Å². The fourth-order valence-electron chi connectivity index (χ4n) is 1.33. The molecule has 0 rings (SSSR count). The predicted octanol–water partition coefficient (Wildman–Crippen LogP) is 4.91. The molecule has 0 saturated carbocycles. The summed E-state index contributed by atoms with van der Waals surface area (Å²) in [7, 11) is -4.54. The molecule has 0 aliphatic rings. The van der Waals surface area contributed by atoms with Crippen LogP contribution in [0.2, 0.25) is 0 Å². The second kappa shape index (κ2) is 8.90.